The first-order valence-corrected chi connectivity index (χ1v) is 12.5. The van der Waals surface area contributed by atoms with Crippen LogP contribution in [-0.4, -0.2) is 46.3 Å². The highest BCUT2D eigenvalue weighted by Crippen LogP contribution is 2.51. The van der Waals surface area contributed by atoms with Crippen LogP contribution in [0.4, 0.5) is 32.0 Å². The van der Waals surface area contributed by atoms with Crippen LogP contribution < -0.4 is 16.0 Å². The summed E-state index contributed by atoms with van der Waals surface area (Å²) in [7, 11) is 0. The average molecular weight is 560 g/mol. The number of aromatic nitrogens is 2. The molecule has 1 aromatic carbocycles. The maximum atomic E-state index is 14.8. The van der Waals surface area contributed by atoms with Crippen LogP contribution in [0, 0.1) is 29.4 Å². The van der Waals surface area contributed by atoms with Crippen LogP contribution in [0.15, 0.2) is 24.4 Å². The van der Waals surface area contributed by atoms with Crippen molar-refractivity contribution in [1.82, 2.24) is 20.4 Å². The molecule has 0 unspecified atom stereocenters. The van der Waals surface area contributed by atoms with Crippen molar-refractivity contribution in [3.8, 4) is 0 Å². The molecule has 2 aliphatic rings. The summed E-state index contributed by atoms with van der Waals surface area (Å²) >= 11 is 0. The zero-order valence-corrected chi connectivity index (χ0v) is 20.8. The first-order valence-electron chi connectivity index (χ1n) is 12.5. The molecule has 8 nitrogen and oxygen atoms in total. The van der Waals surface area contributed by atoms with Gasteiger partial charge in [0.2, 0.25) is 12.1 Å². The van der Waals surface area contributed by atoms with Crippen molar-refractivity contribution < 1.29 is 40.7 Å². The molecule has 0 radical (unpaired) electrons. The van der Waals surface area contributed by atoms with E-state index >= 15 is 0 Å². The maximum Gasteiger partial charge on any atom is 0.405 e. The fourth-order valence-corrected chi connectivity index (χ4v) is 4.69. The molecule has 3 amide bonds. The molecule has 3 N–H and O–H groups in total. The lowest BCUT2D eigenvalue weighted by Gasteiger charge is -2.27. The van der Waals surface area contributed by atoms with Gasteiger partial charge >= 0.3 is 6.18 Å². The van der Waals surface area contributed by atoms with E-state index < -0.39 is 59.9 Å². The Hall–Kier alpha value is -3.58. The Bertz CT molecular complexity index is 1230. The molecule has 2 aromatic rings. The predicted molar refractivity (Wildman–Crippen MR) is 126 cm³/mol. The van der Waals surface area contributed by atoms with Gasteiger partial charge in [-0.15, -0.1) is 0 Å². The maximum absolute atomic E-state index is 14.8. The lowest BCUT2D eigenvalue weighted by molar-refractivity contribution is -0.141. The van der Waals surface area contributed by atoms with Gasteiger partial charge in [0.25, 0.3) is 11.8 Å². The summed E-state index contributed by atoms with van der Waals surface area (Å²) in [6, 6.07) is 1.40. The second-order valence-electron chi connectivity index (χ2n) is 9.78. The fourth-order valence-electron chi connectivity index (χ4n) is 4.69. The van der Waals surface area contributed by atoms with E-state index in [4.69, 9.17) is 0 Å². The highest BCUT2D eigenvalue weighted by atomic mass is 19.4. The summed E-state index contributed by atoms with van der Waals surface area (Å²) in [5.74, 6) is -5.15. The zero-order chi connectivity index (χ0) is 28.5. The number of nitrogens with one attached hydrogen (secondary N) is 3. The number of alkyl halides is 4. The molecule has 0 spiro atoms. The van der Waals surface area contributed by atoms with Gasteiger partial charge in [0.05, 0.1) is 11.9 Å². The molecule has 0 saturated heterocycles. The Labute approximate surface area is 219 Å². The van der Waals surface area contributed by atoms with Crippen LogP contribution in [-0.2, 0) is 16.1 Å². The summed E-state index contributed by atoms with van der Waals surface area (Å²) in [4.78, 5) is 38.1. The standard InChI is InChI=1S/C25H27F6N5O3/c1-2-36-21(16(27)10-33-36)24(39)35-20(18(12-3-4-12)13-5-6-13)23(38)34-17-8-7-14(9-15(17)26)19(28)22(37)32-11-25(29,30)31/h7-10,12-13,18-20H,2-6,11H2,1H3,(H,32,37)(H,34,38)(H,35,39)/t19-,20-/m0/s1. The zero-order valence-electron chi connectivity index (χ0n) is 20.8. The van der Waals surface area contributed by atoms with Crippen molar-refractivity contribution in [3.05, 3.63) is 47.3 Å². The molecule has 2 aliphatic carbocycles. The highest BCUT2D eigenvalue weighted by Gasteiger charge is 2.48. The van der Waals surface area contributed by atoms with Gasteiger partial charge in [-0.1, -0.05) is 6.07 Å². The average Bonchev–Trinajstić information content (AvgIpc) is 3.81. The number of aryl methyl sites for hydroxylation is 1. The summed E-state index contributed by atoms with van der Waals surface area (Å²) in [5.41, 5.74) is -1.28. The Kier molecular flexibility index (Phi) is 8.21. The van der Waals surface area contributed by atoms with Crippen molar-refractivity contribution in [3.63, 3.8) is 0 Å². The number of carbonyl (C=O) groups is 3. The van der Waals surface area contributed by atoms with Crippen LogP contribution >= 0.6 is 0 Å². The van der Waals surface area contributed by atoms with Crippen LogP contribution in [0.25, 0.3) is 0 Å². The van der Waals surface area contributed by atoms with Gasteiger partial charge in [-0.3, -0.25) is 19.1 Å². The third-order valence-corrected chi connectivity index (χ3v) is 6.83. The summed E-state index contributed by atoms with van der Waals surface area (Å²) in [6.07, 6.45) is -3.05. The van der Waals surface area contributed by atoms with Gasteiger partial charge in [-0.25, -0.2) is 13.2 Å². The number of amides is 3. The van der Waals surface area contributed by atoms with Crippen LogP contribution in [0.5, 0.6) is 0 Å². The first-order chi connectivity index (χ1) is 18.4. The Balaban J connectivity index is 1.51. The molecule has 2 fully saturated rings. The smallest absolute Gasteiger partial charge is 0.344 e. The minimum absolute atomic E-state index is 0.157. The topological polar surface area (TPSA) is 105 Å². The Morgan fingerprint density at radius 2 is 1.69 bits per heavy atom. The summed E-state index contributed by atoms with van der Waals surface area (Å²) in [6.45, 7) is 0.126. The number of hydrogen-bond donors (Lipinski definition) is 3. The molecule has 2 saturated carbocycles. The fraction of sp³-hybridized carbons (Fsp3) is 0.520. The van der Waals surface area contributed by atoms with Crippen molar-refractivity contribution in [2.45, 2.75) is 57.5 Å². The summed E-state index contributed by atoms with van der Waals surface area (Å²) in [5, 5.41) is 10.2. The molecule has 1 aromatic heterocycles. The number of halogens is 6. The van der Waals surface area contributed by atoms with E-state index in [1.165, 1.54) is 5.32 Å². The second kappa shape index (κ2) is 11.3. The Morgan fingerprint density at radius 1 is 1.05 bits per heavy atom. The highest BCUT2D eigenvalue weighted by molar-refractivity contribution is 6.01. The van der Waals surface area contributed by atoms with Gasteiger partial charge in [0, 0.05) is 6.54 Å². The van der Waals surface area contributed by atoms with E-state index in [-0.39, 0.29) is 35.7 Å². The third-order valence-electron chi connectivity index (χ3n) is 6.83. The second-order valence-corrected chi connectivity index (χ2v) is 9.78. The van der Waals surface area contributed by atoms with E-state index in [0.29, 0.717) is 6.07 Å². The van der Waals surface area contributed by atoms with E-state index in [1.54, 1.807) is 6.92 Å². The van der Waals surface area contributed by atoms with Crippen molar-refractivity contribution in [2.75, 3.05) is 11.9 Å². The molecule has 39 heavy (non-hydrogen) atoms. The van der Waals surface area contributed by atoms with E-state index in [0.717, 1.165) is 48.7 Å². The van der Waals surface area contributed by atoms with Crippen molar-refractivity contribution in [1.29, 1.82) is 0 Å². The molecular formula is C25H27F6N5O3. The lowest BCUT2D eigenvalue weighted by Crippen LogP contribution is -2.50. The third kappa shape index (κ3) is 6.90. The van der Waals surface area contributed by atoms with Gasteiger partial charge < -0.3 is 16.0 Å². The molecule has 14 heteroatoms. The molecule has 212 valence electrons. The SMILES string of the molecule is CCn1ncc(F)c1C(=O)N[C@H](C(=O)Nc1ccc([C@H](F)C(=O)NCC(F)(F)F)cc1F)C(C1CC1)C1CC1. The lowest BCUT2D eigenvalue weighted by atomic mass is 9.88. The van der Waals surface area contributed by atoms with Crippen LogP contribution in [0.3, 0.4) is 0 Å². The molecule has 0 bridgehead atoms. The van der Waals surface area contributed by atoms with E-state index in [1.807, 2.05) is 0 Å². The van der Waals surface area contributed by atoms with Gasteiger partial charge in [0.1, 0.15) is 18.4 Å². The summed E-state index contributed by atoms with van der Waals surface area (Å²) < 4.78 is 81.5. The minimum Gasteiger partial charge on any atom is -0.344 e. The van der Waals surface area contributed by atoms with E-state index in [9.17, 15) is 40.7 Å². The largest absolute Gasteiger partial charge is 0.405 e. The molecular weight excluding hydrogens is 532 g/mol. The van der Waals surface area contributed by atoms with Gasteiger partial charge in [-0.2, -0.15) is 18.3 Å². The number of nitrogens with zero attached hydrogens (tertiary/aromatic N) is 2. The van der Waals surface area contributed by atoms with Gasteiger partial charge in [-0.05, 0) is 68.1 Å². The normalized spacial score (nSPS) is 17.0. The van der Waals surface area contributed by atoms with Gasteiger partial charge in [0.15, 0.2) is 11.5 Å². The quantitative estimate of drug-likeness (QED) is 0.362. The molecule has 1 heterocycles. The first kappa shape index (κ1) is 28.4. The number of carbonyl (C=O) groups excluding carboxylic acids is 3. The number of hydrogen-bond acceptors (Lipinski definition) is 4. The Morgan fingerprint density at radius 3 is 2.23 bits per heavy atom. The molecule has 0 aliphatic heterocycles. The van der Waals surface area contributed by atoms with E-state index in [2.05, 4.69) is 15.7 Å². The van der Waals surface area contributed by atoms with Crippen molar-refractivity contribution in [2.24, 2.45) is 17.8 Å². The molecule has 2 atom stereocenters. The number of benzene rings is 1. The molecule has 4 rings (SSSR count). The number of rotatable bonds is 11. The van der Waals surface area contributed by atoms with Crippen molar-refractivity contribution >= 4 is 23.4 Å². The van der Waals surface area contributed by atoms with Crippen LogP contribution in [0.2, 0.25) is 0 Å². The number of anilines is 1. The predicted octanol–water partition coefficient (Wildman–Crippen LogP) is 4.04. The minimum atomic E-state index is -4.75. The monoisotopic (exact) mass is 559 g/mol. The van der Waals surface area contributed by atoms with Crippen LogP contribution in [0.1, 0.15) is 54.8 Å².